The summed E-state index contributed by atoms with van der Waals surface area (Å²) in [7, 11) is 0. The van der Waals surface area contributed by atoms with Gasteiger partial charge in [-0.25, -0.2) is 4.99 Å². The second kappa shape index (κ2) is 6.91. The van der Waals surface area contributed by atoms with E-state index in [1.54, 1.807) is 18.0 Å². The van der Waals surface area contributed by atoms with Gasteiger partial charge >= 0.3 is 0 Å². The SMILES string of the molecule is C=N/C=C1\C(=Nc2ccc(-c3ccccc3)cc2)Sc2ccccc21. The van der Waals surface area contributed by atoms with Crippen LogP contribution in [0.15, 0.2) is 99.9 Å². The smallest absolute Gasteiger partial charge is 0.111 e. The molecular formula is C22H16N2S. The van der Waals surface area contributed by atoms with E-state index in [1.165, 1.54) is 21.6 Å². The fourth-order valence-electron chi connectivity index (χ4n) is 2.83. The van der Waals surface area contributed by atoms with Crippen molar-refractivity contribution in [2.24, 2.45) is 9.98 Å². The van der Waals surface area contributed by atoms with Gasteiger partial charge in [-0.05, 0) is 41.6 Å². The first kappa shape index (κ1) is 15.6. The fraction of sp³-hybridized carbons (Fsp3) is 0. The van der Waals surface area contributed by atoms with E-state index >= 15 is 0 Å². The monoisotopic (exact) mass is 340 g/mol. The predicted molar refractivity (Wildman–Crippen MR) is 109 cm³/mol. The zero-order valence-electron chi connectivity index (χ0n) is 13.6. The lowest BCUT2D eigenvalue weighted by Crippen LogP contribution is -1.88. The lowest BCUT2D eigenvalue weighted by atomic mass is 10.1. The molecule has 0 fully saturated rings. The summed E-state index contributed by atoms with van der Waals surface area (Å²) in [6.07, 6.45) is 1.79. The van der Waals surface area contributed by atoms with Crippen LogP contribution in [-0.2, 0) is 0 Å². The Bertz CT molecular complexity index is 970. The third kappa shape index (κ3) is 3.19. The molecule has 0 unspecified atom stereocenters. The molecule has 0 atom stereocenters. The number of fused-ring (bicyclic) bond motifs is 1. The van der Waals surface area contributed by atoms with Gasteiger partial charge in [0.25, 0.3) is 0 Å². The molecule has 0 saturated carbocycles. The van der Waals surface area contributed by atoms with Crippen LogP contribution in [0.3, 0.4) is 0 Å². The Labute approximate surface area is 151 Å². The largest absolute Gasteiger partial charge is 0.272 e. The Morgan fingerprint density at radius 2 is 1.44 bits per heavy atom. The van der Waals surface area contributed by atoms with E-state index in [9.17, 15) is 0 Å². The van der Waals surface area contributed by atoms with E-state index in [1.807, 2.05) is 18.2 Å². The minimum absolute atomic E-state index is 0.935. The van der Waals surface area contributed by atoms with Crippen molar-refractivity contribution in [3.8, 4) is 11.1 Å². The van der Waals surface area contributed by atoms with Crippen LogP contribution in [0.25, 0.3) is 16.7 Å². The average molecular weight is 340 g/mol. The molecule has 3 aromatic carbocycles. The Kier molecular flexibility index (Phi) is 4.32. The van der Waals surface area contributed by atoms with E-state index in [0.29, 0.717) is 0 Å². The van der Waals surface area contributed by atoms with Gasteiger partial charge < -0.3 is 0 Å². The minimum atomic E-state index is 0.935. The molecule has 25 heavy (non-hydrogen) atoms. The van der Waals surface area contributed by atoms with Gasteiger partial charge in [-0.1, -0.05) is 72.4 Å². The maximum Gasteiger partial charge on any atom is 0.111 e. The number of thioether (sulfide) groups is 1. The molecule has 4 rings (SSSR count). The predicted octanol–water partition coefficient (Wildman–Crippen LogP) is 6.23. The summed E-state index contributed by atoms with van der Waals surface area (Å²) in [5.41, 5.74) is 5.53. The van der Waals surface area contributed by atoms with Crippen molar-refractivity contribution >= 4 is 34.8 Å². The molecule has 1 heterocycles. The van der Waals surface area contributed by atoms with Gasteiger partial charge in [0.1, 0.15) is 5.04 Å². The van der Waals surface area contributed by atoms with Crippen LogP contribution in [0.5, 0.6) is 0 Å². The van der Waals surface area contributed by atoms with Crippen molar-refractivity contribution in [2.75, 3.05) is 0 Å². The Hall–Kier alpha value is -2.91. The number of benzene rings is 3. The van der Waals surface area contributed by atoms with Crippen molar-refractivity contribution in [3.63, 3.8) is 0 Å². The number of aliphatic imine (C=N–C) groups is 2. The van der Waals surface area contributed by atoms with Gasteiger partial charge in [-0.15, -0.1) is 0 Å². The van der Waals surface area contributed by atoms with E-state index in [2.05, 4.69) is 72.4 Å². The van der Waals surface area contributed by atoms with Gasteiger partial charge in [-0.2, -0.15) is 0 Å². The van der Waals surface area contributed by atoms with E-state index in [-0.39, 0.29) is 0 Å². The molecule has 3 aromatic rings. The second-order valence-corrected chi connectivity index (χ2v) is 6.68. The summed E-state index contributed by atoms with van der Waals surface area (Å²) in [5, 5.41) is 0.959. The quantitative estimate of drug-likeness (QED) is 0.519. The summed E-state index contributed by atoms with van der Waals surface area (Å²) < 4.78 is 0. The third-order valence-electron chi connectivity index (χ3n) is 4.04. The molecule has 0 radical (unpaired) electrons. The normalized spacial score (nSPS) is 16.2. The molecule has 0 amide bonds. The van der Waals surface area contributed by atoms with Crippen LogP contribution in [-0.4, -0.2) is 11.8 Å². The van der Waals surface area contributed by atoms with Crippen LogP contribution >= 0.6 is 11.8 Å². The first-order chi connectivity index (χ1) is 12.3. The van der Waals surface area contributed by atoms with Crippen LogP contribution in [0.4, 0.5) is 5.69 Å². The first-order valence-electron chi connectivity index (χ1n) is 8.03. The maximum absolute atomic E-state index is 4.83. The average Bonchev–Trinajstić information content (AvgIpc) is 3.01. The lowest BCUT2D eigenvalue weighted by Gasteiger charge is -2.03. The second-order valence-electron chi connectivity index (χ2n) is 5.65. The molecule has 0 aliphatic carbocycles. The highest BCUT2D eigenvalue weighted by molar-refractivity contribution is 8.15. The van der Waals surface area contributed by atoms with Gasteiger partial charge in [0.05, 0.1) is 5.69 Å². The molecule has 0 bridgehead atoms. The molecule has 120 valence electrons. The number of hydrogen-bond acceptors (Lipinski definition) is 3. The highest BCUT2D eigenvalue weighted by Crippen LogP contribution is 2.42. The van der Waals surface area contributed by atoms with Gasteiger partial charge in [0, 0.05) is 16.7 Å². The highest BCUT2D eigenvalue weighted by Gasteiger charge is 2.23. The summed E-state index contributed by atoms with van der Waals surface area (Å²) in [5.74, 6) is 0. The molecule has 1 aliphatic heterocycles. The van der Waals surface area contributed by atoms with Gasteiger partial charge in [0.2, 0.25) is 0 Å². The van der Waals surface area contributed by atoms with E-state index in [4.69, 9.17) is 4.99 Å². The molecule has 0 N–H and O–H groups in total. The zero-order valence-corrected chi connectivity index (χ0v) is 14.4. The molecule has 0 aromatic heterocycles. The number of hydrogen-bond donors (Lipinski definition) is 0. The van der Waals surface area contributed by atoms with Crippen molar-refractivity contribution in [3.05, 3.63) is 90.6 Å². The Morgan fingerprint density at radius 1 is 0.760 bits per heavy atom. The van der Waals surface area contributed by atoms with Crippen molar-refractivity contribution < 1.29 is 0 Å². The molecule has 0 spiro atoms. The van der Waals surface area contributed by atoms with Crippen molar-refractivity contribution in [2.45, 2.75) is 4.90 Å². The van der Waals surface area contributed by atoms with Crippen molar-refractivity contribution in [1.82, 2.24) is 0 Å². The topological polar surface area (TPSA) is 24.7 Å². The Balaban J connectivity index is 1.67. The van der Waals surface area contributed by atoms with Gasteiger partial charge in [0.15, 0.2) is 0 Å². The molecular weight excluding hydrogens is 324 g/mol. The van der Waals surface area contributed by atoms with E-state index in [0.717, 1.165) is 16.3 Å². The Morgan fingerprint density at radius 3 is 2.20 bits per heavy atom. The summed E-state index contributed by atoms with van der Waals surface area (Å²) >= 11 is 1.67. The summed E-state index contributed by atoms with van der Waals surface area (Å²) in [4.78, 5) is 9.99. The van der Waals surface area contributed by atoms with Crippen LogP contribution in [0.1, 0.15) is 5.56 Å². The van der Waals surface area contributed by atoms with Gasteiger partial charge in [-0.3, -0.25) is 4.99 Å². The zero-order chi connectivity index (χ0) is 17.1. The minimum Gasteiger partial charge on any atom is -0.272 e. The van der Waals surface area contributed by atoms with Crippen LogP contribution in [0, 0.1) is 0 Å². The maximum atomic E-state index is 4.83. The number of rotatable bonds is 3. The molecule has 1 aliphatic rings. The first-order valence-corrected chi connectivity index (χ1v) is 8.84. The third-order valence-corrected chi connectivity index (χ3v) is 5.12. The fourth-order valence-corrected chi connectivity index (χ4v) is 3.89. The standard InChI is InChI=1S/C22H16N2S/c1-23-15-20-19-9-5-6-10-21(19)25-22(20)24-18-13-11-17(12-14-18)16-7-3-2-4-8-16/h2-15H,1H2/b20-15-,24-22?. The van der Waals surface area contributed by atoms with Crippen LogP contribution < -0.4 is 0 Å². The van der Waals surface area contributed by atoms with Crippen molar-refractivity contribution in [1.29, 1.82) is 0 Å². The molecule has 3 heteroatoms. The molecule has 2 nitrogen and oxygen atoms in total. The van der Waals surface area contributed by atoms with E-state index < -0.39 is 0 Å². The number of nitrogens with zero attached hydrogens (tertiary/aromatic N) is 2. The lowest BCUT2D eigenvalue weighted by molar-refractivity contribution is 1.42. The summed E-state index contributed by atoms with van der Waals surface area (Å²) in [6.45, 7) is 3.59. The highest BCUT2D eigenvalue weighted by atomic mass is 32.2. The molecule has 0 saturated heterocycles. The van der Waals surface area contributed by atoms with Crippen LogP contribution in [0.2, 0.25) is 0 Å². The summed E-state index contributed by atoms with van der Waals surface area (Å²) in [6, 6.07) is 27.0.